The van der Waals surface area contributed by atoms with Gasteiger partial charge < -0.3 is 19.7 Å². The van der Waals surface area contributed by atoms with Crippen LogP contribution in [0.1, 0.15) is 33.1 Å². The van der Waals surface area contributed by atoms with Crippen LogP contribution in [-0.2, 0) is 0 Å². The summed E-state index contributed by atoms with van der Waals surface area (Å²) in [7, 11) is 7.21. The molecule has 0 aliphatic rings. The molecule has 0 heterocycles. The molecule has 0 aliphatic heterocycles. The van der Waals surface area contributed by atoms with Crippen molar-refractivity contribution in [2.45, 2.75) is 19.9 Å². The van der Waals surface area contributed by atoms with Crippen molar-refractivity contribution < 1.29 is 14.3 Å². The number of hydrogen-bond donors (Lipinski definition) is 1. The largest absolute Gasteiger partial charge is 0.493 e. The first-order valence-corrected chi connectivity index (χ1v) is 8.61. The third kappa shape index (κ3) is 4.55. The van der Waals surface area contributed by atoms with Gasteiger partial charge in [0.05, 0.1) is 20.3 Å². The van der Waals surface area contributed by atoms with Crippen LogP contribution in [-0.4, -0.2) is 45.7 Å². The number of nitrogens with one attached hydrogen (secondary N) is 1. The van der Waals surface area contributed by atoms with Crippen LogP contribution in [0, 0.1) is 13.8 Å². The monoisotopic (exact) mass is 356 g/mol. The molecule has 0 aliphatic carbocycles. The summed E-state index contributed by atoms with van der Waals surface area (Å²) in [5.41, 5.74) is 4.02. The Bertz CT molecular complexity index is 772. The highest BCUT2D eigenvalue weighted by Gasteiger charge is 2.18. The van der Waals surface area contributed by atoms with Crippen LogP contribution in [0.3, 0.4) is 0 Å². The van der Waals surface area contributed by atoms with Gasteiger partial charge in [-0.2, -0.15) is 0 Å². The normalized spacial score (nSPS) is 12.0. The molecule has 1 amide bonds. The Morgan fingerprint density at radius 3 is 2.27 bits per heavy atom. The predicted octanol–water partition coefficient (Wildman–Crippen LogP) is 3.35. The SMILES string of the molecule is COc1ccc(C(CNC(=O)c2ccc(C)c(C)c2)N(C)C)cc1OC. The van der Waals surface area contributed by atoms with E-state index in [4.69, 9.17) is 9.47 Å². The summed E-state index contributed by atoms with van der Waals surface area (Å²) in [6.45, 7) is 4.54. The van der Waals surface area contributed by atoms with Crippen LogP contribution in [0.25, 0.3) is 0 Å². The second-order valence-electron chi connectivity index (χ2n) is 6.60. The van der Waals surface area contributed by atoms with Crippen LogP contribution < -0.4 is 14.8 Å². The molecule has 0 spiro atoms. The maximum Gasteiger partial charge on any atom is 0.251 e. The molecule has 0 aromatic heterocycles. The molecule has 0 saturated heterocycles. The highest BCUT2D eigenvalue weighted by atomic mass is 16.5. The van der Waals surface area contributed by atoms with Gasteiger partial charge in [-0.05, 0) is 68.9 Å². The van der Waals surface area contributed by atoms with E-state index in [0.29, 0.717) is 23.6 Å². The van der Waals surface area contributed by atoms with E-state index in [9.17, 15) is 4.79 Å². The van der Waals surface area contributed by atoms with Crippen LogP contribution in [0.2, 0.25) is 0 Å². The summed E-state index contributed by atoms with van der Waals surface area (Å²) in [4.78, 5) is 14.6. The lowest BCUT2D eigenvalue weighted by molar-refractivity contribution is 0.0942. The van der Waals surface area contributed by atoms with E-state index >= 15 is 0 Å². The van der Waals surface area contributed by atoms with E-state index in [2.05, 4.69) is 10.2 Å². The van der Waals surface area contributed by atoms with Gasteiger partial charge in [-0.3, -0.25) is 4.79 Å². The number of carbonyl (C=O) groups excluding carboxylic acids is 1. The zero-order valence-electron chi connectivity index (χ0n) is 16.4. The highest BCUT2D eigenvalue weighted by Crippen LogP contribution is 2.31. The predicted molar refractivity (Wildman–Crippen MR) is 104 cm³/mol. The molecule has 26 heavy (non-hydrogen) atoms. The van der Waals surface area contributed by atoms with Crippen LogP contribution in [0.5, 0.6) is 11.5 Å². The third-order valence-corrected chi connectivity index (χ3v) is 4.64. The van der Waals surface area contributed by atoms with E-state index in [0.717, 1.165) is 11.1 Å². The summed E-state index contributed by atoms with van der Waals surface area (Å²) in [5.74, 6) is 1.30. The molecule has 0 radical (unpaired) electrons. The fourth-order valence-electron chi connectivity index (χ4n) is 2.83. The number of benzene rings is 2. The van der Waals surface area contributed by atoms with E-state index in [1.54, 1.807) is 14.2 Å². The Labute approximate surface area is 155 Å². The molecule has 0 saturated carbocycles. The van der Waals surface area contributed by atoms with Crippen molar-refractivity contribution in [3.63, 3.8) is 0 Å². The first kappa shape index (κ1) is 19.8. The maximum absolute atomic E-state index is 12.5. The van der Waals surface area contributed by atoms with Crippen molar-refractivity contribution in [3.8, 4) is 11.5 Å². The average molecular weight is 356 g/mol. The molecular weight excluding hydrogens is 328 g/mol. The Morgan fingerprint density at radius 2 is 1.69 bits per heavy atom. The van der Waals surface area contributed by atoms with Crippen molar-refractivity contribution >= 4 is 5.91 Å². The fourth-order valence-corrected chi connectivity index (χ4v) is 2.83. The van der Waals surface area contributed by atoms with Crippen molar-refractivity contribution in [2.75, 3.05) is 34.9 Å². The standard InChI is InChI=1S/C21H28N2O3/c1-14-7-8-17(11-15(14)2)21(24)22-13-18(23(3)4)16-9-10-19(25-5)20(12-16)26-6/h7-12,18H,13H2,1-6H3,(H,22,24). The number of aryl methyl sites for hydroxylation is 2. The van der Waals surface area contributed by atoms with Gasteiger partial charge in [-0.15, -0.1) is 0 Å². The summed E-state index contributed by atoms with van der Waals surface area (Å²) in [6.07, 6.45) is 0. The second-order valence-corrected chi connectivity index (χ2v) is 6.60. The lowest BCUT2D eigenvalue weighted by Gasteiger charge is -2.26. The quantitative estimate of drug-likeness (QED) is 0.827. The van der Waals surface area contributed by atoms with Crippen LogP contribution in [0.15, 0.2) is 36.4 Å². The molecule has 0 bridgehead atoms. The Kier molecular flexibility index (Phi) is 6.64. The number of carbonyl (C=O) groups is 1. The third-order valence-electron chi connectivity index (χ3n) is 4.64. The second kappa shape index (κ2) is 8.72. The number of methoxy groups -OCH3 is 2. The minimum Gasteiger partial charge on any atom is -0.493 e. The van der Waals surface area contributed by atoms with E-state index < -0.39 is 0 Å². The smallest absolute Gasteiger partial charge is 0.251 e. The van der Waals surface area contributed by atoms with E-state index in [1.165, 1.54) is 5.56 Å². The van der Waals surface area contributed by atoms with Crippen LogP contribution >= 0.6 is 0 Å². The lowest BCUT2D eigenvalue weighted by atomic mass is 10.0. The number of amides is 1. The molecule has 0 fully saturated rings. The zero-order chi connectivity index (χ0) is 19.3. The van der Waals surface area contributed by atoms with Gasteiger partial charge in [0, 0.05) is 12.1 Å². The van der Waals surface area contributed by atoms with Gasteiger partial charge in [-0.1, -0.05) is 12.1 Å². The molecule has 1 N–H and O–H groups in total. The topological polar surface area (TPSA) is 50.8 Å². The maximum atomic E-state index is 12.5. The molecule has 140 valence electrons. The molecule has 5 heteroatoms. The van der Waals surface area contributed by atoms with Gasteiger partial charge >= 0.3 is 0 Å². The molecule has 2 aromatic carbocycles. The number of likely N-dealkylation sites (N-methyl/N-ethyl adjacent to an activating group) is 1. The molecule has 2 aromatic rings. The van der Waals surface area contributed by atoms with Gasteiger partial charge in [0.2, 0.25) is 0 Å². The van der Waals surface area contributed by atoms with Crippen molar-refractivity contribution in [3.05, 3.63) is 58.7 Å². The van der Waals surface area contributed by atoms with Crippen LogP contribution in [0.4, 0.5) is 0 Å². The van der Waals surface area contributed by atoms with Crippen molar-refractivity contribution in [1.29, 1.82) is 0 Å². The molecule has 5 nitrogen and oxygen atoms in total. The van der Waals surface area contributed by atoms with Gasteiger partial charge in [0.1, 0.15) is 0 Å². The van der Waals surface area contributed by atoms with Crippen molar-refractivity contribution in [2.24, 2.45) is 0 Å². The number of hydrogen-bond acceptors (Lipinski definition) is 4. The fraction of sp³-hybridized carbons (Fsp3) is 0.381. The number of rotatable bonds is 7. The summed E-state index contributed by atoms with van der Waals surface area (Å²) in [6, 6.07) is 11.6. The Balaban J connectivity index is 2.15. The zero-order valence-corrected chi connectivity index (χ0v) is 16.4. The molecule has 2 rings (SSSR count). The molecule has 1 unspecified atom stereocenters. The number of ether oxygens (including phenoxy) is 2. The minimum atomic E-state index is -0.0690. The Morgan fingerprint density at radius 1 is 1.00 bits per heavy atom. The molecule has 1 atom stereocenters. The van der Waals surface area contributed by atoms with Gasteiger partial charge in [0.25, 0.3) is 5.91 Å². The first-order chi connectivity index (χ1) is 12.4. The average Bonchev–Trinajstić information content (AvgIpc) is 2.63. The summed E-state index contributed by atoms with van der Waals surface area (Å²) < 4.78 is 10.7. The van der Waals surface area contributed by atoms with Crippen molar-refractivity contribution in [1.82, 2.24) is 10.2 Å². The van der Waals surface area contributed by atoms with Gasteiger partial charge in [-0.25, -0.2) is 0 Å². The van der Waals surface area contributed by atoms with Gasteiger partial charge in [0.15, 0.2) is 11.5 Å². The van der Waals surface area contributed by atoms with E-state index in [-0.39, 0.29) is 11.9 Å². The summed E-state index contributed by atoms with van der Waals surface area (Å²) >= 11 is 0. The number of nitrogens with zero attached hydrogens (tertiary/aromatic N) is 1. The highest BCUT2D eigenvalue weighted by molar-refractivity contribution is 5.94. The first-order valence-electron chi connectivity index (χ1n) is 8.61. The minimum absolute atomic E-state index is 0.0188. The lowest BCUT2D eigenvalue weighted by Crippen LogP contribution is -2.34. The van der Waals surface area contributed by atoms with E-state index in [1.807, 2.05) is 64.3 Å². The summed E-state index contributed by atoms with van der Waals surface area (Å²) in [5, 5.41) is 3.04. The molecular formula is C21H28N2O3. The Hall–Kier alpha value is -2.53.